The Hall–Kier alpha value is -3.91. The van der Waals surface area contributed by atoms with Crippen LogP contribution < -0.4 is 10.6 Å². The van der Waals surface area contributed by atoms with E-state index in [2.05, 4.69) is 34.3 Å². The van der Waals surface area contributed by atoms with Crippen LogP contribution in [0.5, 0.6) is 0 Å². The lowest BCUT2D eigenvalue weighted by molar-refractivity contribution is -0.144. The van der Waals surface area contributed by atoms with E-state index in [9.17, 15) is 14.4 Å². The van der Waals surface area contributed by atoms with E-state index in [0.29, 0.717) is 11.1 Å². The van der Waals surface area contributed by atoms with Gasteiger partial charge < -0.3 is 24.8 Å². The number of nitrogens with one attached hydrogen (secondary N) is 2. The number of allylic oxidation sites excluding steroid dienone is 1. The minimum absolute atomic E-state index is 0.215. The molecule has 186 valence electrons. The first-order valence-electron chi connectivity index (χ1n) is 11.1. The van der Waals surface area contributed by atoms with E-state index in [1.807, 2.05) is 0 Å². The molecule has 2 rings (SSSR count). The summed E-state index contributed by atoms with van der Waals surface area (Å²) in [7, 11) is 2.82. The molecule has 1 aliphatic rings. The number of hydrogen-bond acceptors (Lipinski definition) is 6. The largest absolute Gasteiger partial charge is 0.504 e. The van der Waals surface area contributed by atoms with Crippen molar-refractivity contribution in [1.82, 2.24) is 10.6 Å². The van der Waals surface area contributed by atoms with Crippen molar-refractivity contribution < 1.29 is 28.6 Å². The molecule has 0 unspecified atom stereocenters. The summed E-state index contributed by atoms with van der Waals surface area (Å²) in [6.07, 6.45) is 1.89. The van der Waals surface area contributed by atoms with Gasteiger partial charge in [0, 0.05) is 17.0 Å². The smallest absolute Gasteiger partial charge is 0.408 e. The van der Waals surface area contributed by atoms with Crippen molar-refractivity contribution in [2.45, 2.75) is 58.2 Å². The molecule has 1 aromatic carbocycles. The molecule has 2 N–H and O–H groups in total. The molecule has 1 fully saturated rings. The number of methoxy groups -OCH3 is 2. The highest BCUT2D eigenvalue weighted by molar-refractivity contribution is 5.97. The Bertz CT molecular complexity index is 1100. The molecular formula is C27H32N2O6. The molecule has 0 radical (unpaired) electrons. The van der Waals surface area contributed by atoms with Gasteiger partial charge in [-0.15, -0.1) is 0 Å². The number of esters is 1. The van der Waals surface area contributed by atoms with Gasteiger partial charge in [0.05, 0.1) is 26.0 Å². The van der Waals surface area contributed by atoms with Crippen molar-refractivity contribution in [3.63, 3.8) is 0 Å². The number of carbonyl (C=O) groups excluding carboxylic acids is 3. The maximum Gasteiger partial charge on any atom is 0.408 e. The van der Waals surface area contributed by atoms with Crippen LogP contribution in [0.1, 0.15) is 57.0 Å². The second kappa shape index (κ2) is 11.5. The highest BCUT2D eigenvalue weighted by Crippen LogP contribution is 2.36. The molecule has 1 saturated carbocycles. The molecular weight excluding hydrogens is 448 g/mol. The quantitative estimate of drug-likeness (QED) is 0.368. The molecule has 2 atom stereocenters. The fourth-order valence-corrected chi connectivity index (χ4v) is 3.04. The Labute approximate surface area is 206 Å². The van der Waals surface area contributed by atoms with E-state index in [1.165, 1.54) is 7.11 Å². The van der Waals surface area contributed by atoms with Gasteiger partial charge in [0.2, 0.25) is 0 Å². The number of carbonyl (C=O) groups is 3. The van der Waals surface area contributed by atoms with Crippen LogP contribution in [0.2, 0.25) is 0 Å². The predicted octanol–water partition coefficient (Wildman–Crippen LogP) is 3.17. The van der Waals surface area contributed by atoms with E-state index >= 15 is 0 Å². The van der Waals surface area contributed by atoms with Crippen LogP contribution in [-0.2, 0) is 19.0 Å². The summed E-state index contributed by atoms with van der Waals surface area (Å²) in [6.45, 7) is 8.36. The third-order valence-electron chi connectivity index (χ3n) is 4.92. The van der Waals surface area contributed by atoms with Gasteiger partial charge in [-0.3, -0.25) is 4.79 Å². The molecule has 0 bridgehead atoms. The Kier molecular flexibility index (Phi) is 8.97. The van der Waals surface area contributed by atoms with Gasteiger partial charge in [0.15, 0.2) is 0 Å². The maximum absolute atomic E-state index is 12.8. The molecule has 1 aliphatic carbocycles. The summed E-state index contributed by atoms with van der Waals surface area (Å²) in [5.74, 6) is 10.6. The topological polar surface area (TPSA) is 103 Å². The predicted molar refractivity (Wildman–Crippen MR) is 131 cm³/mol. The van der Waals surface area contributed by atoms with Crippen molar-refractivity contribution in [3.8, 4) is 23.7 Å². The normalized spacial score (nSPS) is 16.4. The van der Waals surface area contributed by atoms with E-state index in [-0.39, 0.29) is 5.92 Å². The van der Waals surface area contributed by atoms with Gasteiger partial charge in [0.1, 0.15) is 11.6 Å². The highest BCUT2D eigenvalue weighted by Gasteiger charge is 2.40. The molecule has 1 aromatic rings. The Morgan fingerprint density at radius 2 is 1.71 bits per heavy atom. The molecule has 0 aliphatic heterocycles. The summed E-state index contributed by atoms with van der Waals surface area (Å²) < 4.78 is 15.1. The Morgan fingerprint density at radius 1 is 1.06 bits per heavy atom. The van der Waals surface area contributed by atoms with E-state index < -0.39 is 35.2 Å². The number of alkyl carbamates (subject to hydrolysis) is 1. The fourth-order valence-electron chi connectivity index (χ4n) is 3.04. The second-order valence-electron chi connectivity index (χ2n) is 9.56. The molecule has 35 heavy (non-hydrogen) atoms. The zero-order chi connectivity index (χ0) is 26.2. The standard InChI is InChI=1S/C27H32N2O6/c1-26(2,3)35-25(32)29-27(4,5)22(24(31)34-7)28-23(30)19-14-12-18(13-15-19)10-8-9-11-20-16-21(20)17-33-6/h12-15,17,20,22H,16H2,1-7H3,(H,28,30)(H,29,32)/t20-,22+/m0/s1. The summed E-state index contributed by atoms with van der Waals surface area (Å²) in [5, 5.41) is 5.27. The summed E-state index contributed by atoms with van der Waals surface area (Å²) in [6, 6.07) is 5.40. The van der Waals surface area contributed by atoms with Gasteiger partial charge >= 0.3 is 12.1 Å². The first-order valence-corrected chi connectivity index (χ1v) is 11.1. The Morgan fingerprint density at radius 3 is 2.29 bits per heavy atom. The van der Waals surface area contributed by atoms with Crippen LogP contribution >= 0.6 is 0 Å². The number of ether oxygens (including phenoxy) is 3. The first kappa shape index (κ1) is 27.3. The van der Waals surface area contributed by atoms with Crippen molar-refractivity contribution in [1.29, 1.82) is 0 Å². The maximum atomic E-state index is 12.8. The third-order valence-corrected chi connectivity index (χ3v) is 4.92. The van der Waals surface area contributed by atoms with Crippen LogP contribution in [-0.4, -0.2) is 49.4 Å². The van der Waals surface area contributed by atoms with Crippen LogP contribution in [0, 0.1) is 29.6 Å². The SMILES string of the molecule is COC=C1C[C@@H]1C#CC#Cc1ccc(C(=O)N[C@H](C(=O)OC)C(C)(C)NC(=O)OC(C)(C)C)cc1. The number of amides is 2. The monoisotopic (exact) mass is 480 g/mol. The van der Waals surface area contributed by atoms with E-state index in [4.69, 9.17) is 14.2 Å². The number of hydrogen-bond donors (Lipinski definition) is 2. The summed E-state index contributed by atoms with van der Waals surface area (Å²) >= 11 is 0. The van der Waals surface area contributed by atoms with E-state index in [1.54, 1.807) is 72.3 Å². The van der Waals surface area contributed by atoms with Crippen LogP contribution in [0.25, 0.3) is 0 Å². The lowest BCUT2D eigenvalue weighted by Gasteiger charge is -2.34. The minimum Gasteiger partial charge on any atom is -0.504 e. The van der Waals surface area contributed by atoms with Gasteiger partial charge in [-0.1, -0.05) is 11.8 Å². The second-order valence-corrected chi connectivity index (χ2v) is 9.56. The van der Waals surface area contributed by atoms with Crippen LogP contribution in [0.4, 0.5) is 4.79 Å². The number of benzene rings is 1. The highest BCUT2D eigenvalue weighted by atomic mass is 16.6. The Balaban J connectivity index is 2.06. The van der Waals surface area contributed by atoms with Gasteiger partial charge in [-0.05, 0) is 82.7 Å². The average Bonchev–Trinajstić information content (AvgIpc) is 3.50. The molecule has 2 amide bonds. The molecule has 0 heterocycles. The lowest BCUT2D eigenvalue weighted by Crippen LogP contribution is -2.62. The summed E-state index contributed by atoms with van der Waals surface area (Å²) in [4.78, 5) is 37.5. The number of rotatable bonds is 6. The van der Waals surface area contributed by atoms with Crippen molar-refractivity contribution in [2.24, 2.45) is 5.92 Å². The molecule has 0 saturated heterocycles. The van der Waals surface area contributed by atoms with Crippen molar-refractivity contribution >= 4 is 18.0 Å². The zero-order valence-electron chi connectivity index (χ0n) is 21.2. The summed E-state index contributed by atoms with van der Waals surface area (Å²) in [5.41, 5.74) is 0.246. The zero-order valence-corrected chi connectivity index (χ0v) is 21.2. The van der Waals surface area contributed by atoms with Crippen LogP contribution in [0.3, 0.4) is 0 Å². The third kappa shape index (κ3) is 8.75. The van der Waals surface area contributed by atoms with Crippen molar-refractivity contribution in [2.75, 3.05) is 14.2 Å². The van der Waals surface area contributed by atoms with Crippen molar-refractivity contribution in [3.05, 3.63) is 47.2 Å². The van der Waals surface area contributed by atoms with Gasteiger partial charge in [-0.2, -0.15) is 0 Å². The van der Waals surface area contributed by atoms with E-state index in [0.717, 1.165) is 12.0 Å². The van der Waals surface area contributed by atoms with Gasteiger partial charge in [-0.25, -0.2) is 9.59 Å². The minimum atomic E-state index is -1.20. The van der Waals surface area contributed by atoms with Gasteiger partial charge in [0.25, 0.3) is 5.91 Å². The molecule has 8 heteroatoms. The molecule has 0 aromatic heterocycles. The average molecular weight is 481 g/mol. The first-order chi connectivity index (χ1) is 16.4. The van der Waals surface area contributed by atoms with Crippen LogP contribution in [0.15, 0.2) is 36.1 Å². The molecule has 0 spiro atoms. The lowest BCUT2D eigenvalue weighted by atomic mass is 9.94. The molecule has 8 nitrogen and oxygen atoms in total. The fraction of sp³-hybridized carbons (Fsp3) is 0.444.